The van der Waals surface area contributed by atoms with E-state index in [1.54, 1.807) is 0 Å². The molecule has 0 aromatic carbocycles. The Kier molecular flexibility index (Phi) is 70.7. The minimum atomic E-state index is -4.97. The normalized spacial score (nSPS) is 14.0. The van der Waals surface area contributed by atoms with Gasteiger partial charge in [0.05, 0.1) is 26.4 Å². The number of hydrogen-bond donors (Lipinski definition) is 3. The molecule has 0 aromatic heterocycles. The van der Waals surface area contributed by atoms with E-state index in [-0.39, 0.29) is 25.7 Å². The Balaban J connectivity index is 5.29. The number of aliphatic hydroxyl groups excluding tert-OH is 1. The Morgan fingerprint density at radius 1 is 0.313 bits per heavy atom. The van der Waals surface area contributed by atoms with E-state index in [1.807, 2.05) is 0 Å². The molecule has 0 aliphatic rings. The highest BCUT2D eigenvalue weighted by atomic mass is 31.2. The molecule has 0 aromatic rings. The number of hydrogen-bond acceptors (Lipinski definition) is 15. The molecule has 19 heteroatoms. The fraction of sp³-hybridized carbons (Fsp3) is 0.900. The van der Waals surface area contributed by atoms with Crippen molar-refractivity contribution in [3.63, 3.8) is 0 Å². The van der Waals surface area contributed by atoms with Crippen molar-refractivity contribution in [3.8, 4) is 0 Å². The number of phosphoric acid groups is 2. The number of ether oxygens (including phenoxy) is 4. The van der Waals surface area contributed by atoms with Crippen LogP contribution < -0.4 is 0 Å². The molecule has 0 aliphatic carbocycles. The Labute approximate surface area is 605 Å². The second kappa shape index (κ2) is 72.5. The van der Waals surface area contributed by atoms with E-state index in [0.717, 1.165) is 115 Å². The molecule has 0 amide bonds. The predicted octanol–water partition coefficient (Wildman–Crippen LogP) is 23.6. The molecule has 17 nitrogen and oxygen atoms in total. The lowest BCUT2D eigenvalue weighted by atomic mass is 10.0. The van der Waals surface area contributed by atoms with Gasteiger partial charge in [-0.25, -0.2) is 9.13 Å². The van der Waals surface area contributed by atoms with Crippen molar-refractivity contribution in [3.05, 3.63) is 24.3 Å². The second-order valence-electron chi connectivity index (χ2n) is 28.6. The van der Waals surface area contributed by atoms with Crippen molar-refractivity contribution in [1.29, 1.82) is 0 Å². The fourth-order valence-corrected chi connectivity index (χ4v) is 13.4. The molecular weight excluding hydrogens is 1290 g/mol. The maximum atomic E-state index is 13.1. The summed E-state index contributed by atoms with van der Waals surface area (Å²) in [7, 11) is -9.93. The highest BCUT2D eigenvalue weighted by Crippen LogP contribution is 2.45. The standard InChI is InChI=1S/C80H152O17P2/c1-6-9-12-15-18-21-24-27-29-30-31-33-35-40-45-50-55-60-65-79(84)96-75(70-91-78(83)64-59-54-49-44-39-34-32-28-25-22-19-16-13-10-7-2)71-94-98(86,87)92-67-74(81)68-93-99(88,89)95-72-76(69-90-77(82)63-58-53-48-43-38-26-23-20-17-14-11-8-3)97-80(85)66-61-56-51-46-41-36-37-42-47-52-57-62-73(4)5/h22,25,28,32,73-76,81H,6-21,23-24,26-27,29-31,33-72H2,1-5H3,(H,86,87)(H,88,89)/b25-22-,32-28-/t74-,75-,76-/m1/s1. The van der Waals surface area contributed by atoms with Crippen LogP contribution in [-0.2, 0) is 65.4 Å². The summed E-state index contributed by atoms with van der Waals surface area (Å²) < 4.78 is 68.7. The number of esters is 4. The van der Waals surface area contributed by atoms with Crippen molar-refractivity contribution in [2.24, 2.45) is 5.92 Å². The van der Waals surface area contributed by atoms with Gasteiger partial charge in [0.2, 0.25) is 0 Å². The third-order valence-corrected chi connectivity index (χ3v) is 20.1. The lowest BCUT2D eigenvalue weighted by Crippen LogP contribution is -2.30. The van der Waals surface area contributed by atoms with Crippen LogP contribution in [0.3, 0.4) is 0 Å². The molecule has 0 bridgehead atoms. The highest BCUT2D eigenvalue weighted by Gasteiger charge is 2.30. The van der Waals surface area contributed by atoms with Crippen molar-refractivity contribution in [2.75, 3.05) is 39.6 Å². The molecule has 99 heavy (non-hydrogen) atoms. The summed E-state index contributed by atoms with van der Waals surface area (Å²) in [6, 6.07) is 0. The van der Waals surface area contributed by atoms with Gasteiger partial charge in [-0.3, -0.25) is 37.3 Å². The Bertz CT molecular complexity index is 1990. The largest absolute Gasteiger partial charge is 0.472 e. The zero-order chi connectivity index (χ0) is 72.7. The molecule has 0 rings (SSSR count). The summed E-state index contributed by atoms with van der Waals surface area (Å²) in [6.45, 7) is 7.26. The van der Waals surface area contributed by atoms with Gasteiger partial charge in [-0.1, -0.05) is 348 Å². The van der Waals surface area contributed by atoms with E-state index < -0.39 is 97.5 Å². The first-order chi connectivity index (χ1) is 48.0. The number of rotatable bonds is 78. The second-order valence-corrected chi connectivity index (χ2v) is 31.5. The van der Waals surface area contributed by atoms with Crippen molar-refractivity contribution < 1.29 is 80.2 Å². The maximum absolute atomic E-state index is 13.1. The van der Waals surface area contributed by atoms with E-state index in [9.17, 15) is 43.2 Å². The van der Waals surface area contributed by atoms with E-state index >= 15 is 0 Å². The quantitative estimate of drug-likeness (QED) is 0.0169. The molecule has 5 atom stereocenters. The molecule has 0 aliphatic heterocycles. The Morgan fingerprint density at radius 3 is 0.828 bits per heavy atom. The van der Waals surface area contributed by atoms with E-state index in [0.29, 0.717) is 25.7 Å². The first-order valence-corrected chi connectivity index (χ1v) is 43.9. The lowest BCUT2D eigenvalue weighted by molar-refractivity contribution is -0.161. The fourth-order valence-electron chi connectivity index (χ4n) is 11.9. The Morgan fingerprint density at radius 2 is 0.545 bits per heavy atom. The van der Waals surface area contributed by atoms with Crippen LogP contribution in [0, 0.1) is 5.92 Å². The summed E-state index contributed by atoms with van der Waals surface area (Å²) >= 11 is 0. The third kappa shape index (κ3) is 73.6. The van der Waals surface area contributed by atoms with E-state index in [1.165, 1.54) is 205 Å². The van der Waals surface area contributed by atoms with Gasteiger partial charge in [-0.15, -0.1) is 0 Å². The average Bonchev–Trinajstić information content (AvgIpc) is 1.19. The molecule has 0 saturated carbocycles. The van der Waals surface area contributed by atoms with Crippen LogP contribution >= 0.6 is 15.6 Å². The van der Waals surface area contributed by atoms with Crippen LogP contribution in [-0.4, -0.2) is 96.7 Å². The van der Waals surface area contributed by atoms with Crippen LogP contribution in [0.2, 0.25) is 0 Å². The number of unbranched alkanes of at least 4 members (excludes halogenated alkanes) is 47. The maximum Gasteiger partial charge on any atom is 0.472 e. The minimum Gasteiger partial charge on any atom is -0.462 e. The topological polar surface area (TPSA) is 237 Å². The van der Waals surface area contributed by atoms with Crippen LogP contribution in [0.5, 0.6) is 0 Å². The number of phosphoric ester groups is 2. The number of carbonyl (C=O) groups is 4. The molecular formula is C80H152O17P2. The van der Waals surface area contributed by atoms with Crippen LogP contribution in [0.25, 0.3) is 0 Å². The smallest absolute Gasteiger partial charge is 0.462 e. The molecule has 0 spiro atoms. The molecule has 0 heterocycles. The van der Waals surface area contributed by atoms with Crippen molar-refractivity contribution in [1.82, 2.24) is 0 Å². The highest BCUT2D eigenvalue weighted by molar-refractivity contribution is 7.47. The van der Waals surface area contributed by atoms with Crippen molar-refractivity contribution in [2.45, 2.75) is 419 Å². The molecule has 0 radical (unpaired) electrons. The summed E-state index contributed by atoms with van der Waals surface area (Å²) in [6.07, 6.45) is 65.9. The number of carbonyl (C=O) groups excluding carboxylic acids is 4. The number of allylic oxidation sites excluding steroid dienone is 4. The summed E-state index contributed by atoms with van der Waals surface area (Å²) in [5, 5.41) is 10.6. The first kappa shape index (κ1) is 96.5. The average molecular weight is 1450 g/mol. The van der Waals surface area contributed by atoms with Gasteiger partial charge in [0, 0.05) is 25.7 Å². The van der Waals surface area contributed by atoms with Gasteiger partial charge in [0.15, 0.2) is 12.2 Å². The van der Waals surface area contributed by atoms with Crippen LogP contribution in [0.1, 0.15) is 401 Å². The number of aliphatic hydroxyl groups is 1. The minimum absolute atomic E-state index is 0.102. The van der Waals surface area contributed by atoms with Gasteiger partial charge in [0.25, 0.3) is 0 Å². The zero-order valence-electron chi connectivity index (χ0n) is 64.1. The molecule has 0 saturated heterocycles. The molecule has 584 valence electrons. The predicted molar refractivity (Wildman–Crippen MR) is 404 cm³/mol. The van der Waals surface area contributed by atoms with Gasteiger partial charge >= 0.3 is 39.5 Å². The summed E-state index contributed by atoms with van der Waals surface area (Å²) in [4.78, 5) is 73.0. The van der Waals surface area contributed by atoms with Gasteiger partial charge < -0.3 is 33.8 Å². The monoisotopic (exact) mass is 1450 g/mol. The lowest BCUT2D eigenvalue weighted by Gasteiger charge is -2.21. The summed E-state index contributed by atoms with van der Waals surface area (Å²) in [5.41, 5.74) is 0. The van der Waals surface area contributed by atoms with Gasteiger partial charge in [-0.05, 0) is 57.3 Å². The van der Waals surface area contributed by atoms with E-state index in [4.69, 9.17) is 37.0 Å². The first-order valence-electron chi connectivity index (χ1n) is 41.0. The molecule has 3 N–H and O–H groups in total. The molecule has 0 fully saturated rings. The summed E-state index contributed by atoms with van der Waals surface area (Å²) in [5.74, 6) is -1.37. The van der Waals surface area contributed by atoms with Crippen LogP contribution in [0.15, 0.2) is 24.3 Å². The van der Waals surface area contributed by atoms with Crippen LogP contribution in [0.4, 0.5) is 0 Å². The molecule has 2 unspecified atom stereocenters. The van der Waals surface area contributed by atoms with Gasteiger partial charge in [0.1, 0.15) is 19.3 Å². The van der Waals surface area contributed by atoms with Crippen molar-refractivity contribution >= 4 is 39.5 Å². The SMILES string of the molecule is CCCCCC/C=C\C=C/CCCCCCCC(=O)OC[C@H](COP(=O)(O)OC[C@@H](O)COP(=O)(O)OC[C@@H](COC(=O)CCCCCCCCCCCCCC)OC(=O)CCCCCCCCCCCCCC(C)C)OC(=O)CCCCCCCCCCCCCCCCCCCC. The third-order valence-electron chi connectivity index (χ3n) is 18.2. The Hall–Kier alpha value is -2.46. The van der Waals surface area contributed by atoms with Gasteiger partial charge in [-0.2, -0.15) is 0 Å². The zero-order valence-corrected chi connectivity index (χ0v) is 65.9. The van der Waals surface area contributed by atoms with E-state index in [2.05, 4.69) is 58.9 Å².